The molecular formula is C18H30IN3OS. The summed E-state index contributed by atoms with van der Waals surface area (Å²) in [4.78, 5) is 5.16. The van der Waals surface area contributed by atoms with E-state index in [0.29, 0.717) is 17.7 Å². The lowest BCUT2D eigenvalue weighted by molar-refractivity contribution is 0.283. The number of aliphatic imine (C=N–C) groups is 1. The summed E-state index contributed by atoms with van der Waals surface area (Å²) in [5.41, 5.74) is 0.435. The van der Waals surface area contributed by atoms with E-state index >= 15 is 0 Å². The van der Waals surface area contributed by atoms with Crippen molar-refractivity contribution >= 4 is 40.7 Å². The first-order valence-corrected chi connectivity index (χ1v) is 9.89. The number of nitrogens with one attached hydrogen (secondary N) is 2. The van der Waals surface area contributed by atoms with E-state index in [9.17, 15) is 4.21 Å². The topological polar surface area (TPSA) is 53.5 Å². The molecule has 1 aliphatic rings. The van der Waals surface area contributed by atoms with Crippen molar-refractivity contribution < 1.29 is 4.21 Å². The van der Waals surface area contributed by atoms with Crippen LogP contribution in [0.25, 0.3) is 0 Å². The predicted octanol–water partition coefficient (Wildman–Crippen LogP) is 3.55. The minimum atomic E-state index is -0.963. The van der Waals surface area contributed by atoms with Crippen molar-refractivity contribution in [1.29, 1.82) is 0 Å². The van der Waals surface area contributed by atoms with Crippen LogP contribution in [0.4, 0.5) is 0 Å². The van der Waals surface area contributed by atoms with Gasteiger partial charge in [-0.2, -0.15) is 0 Å². The Bertz CT molecular complexity index is 530. The molecule has 1 aromatic carbocycles. The maximum absolute atomic E-state index is 12.2. The van der Waals surface area contributed by atoms with Gasteiger partial charge in [-0.25, -0.2) is 0 Å². The van der Waals surface area contributed by atoms with Crippen molar-refractivity contribution in [3.63, 3.8) is 0 Å². The van der Waals surface area contributed by atoms with E-state index in [-0.39, 0.29) is 24.0 Å². The van der Waals surface area contributed by atoms with Gasteiger partial charge in [0.1, 0.15) is 0 Å². The molecule has 0 amide bonds. The van der Waals surface area contributed by atoms with Crippen LogP contribution in [0, 0.1) is 5.41 Å². The first-order chi connectivity index (χ1) is 11.2. The summed E-state index contributed by atoms with van der Waals surface area (Å²) in [5.74, 6) is 1.40. The van der Waals surface area contributed by atoms with Crippen molar-refractivity contribution in [3.05, 3.63) is 30.3 Å². The summed E-state index contributed by atoms with van der Waals surface area (Å²) in [5, 5.41) is 6.74. The van der Waals surface area contributed by atoms with Gasteiger partial charge in [-0.3, -0.25) is 9.20 Å². The maximum Gasteiger partial charge on any atom is 0.191 e. The molecule has 0 saturated heterocycles. The van der Waals surface area contributed by atoms with Gasteiger partial charge < -0.3 is 10.6 Å². The highest BCUT2D eigenvalue weighted by atomic mass is 127. The summed E-state index contributed by atoms with van der Waals surface area (Å²) in [6.07, 6.45) is 6.53. The van der Waals surface area contributed by atoms with Crippen LogP contribution >= 0.6 is 24.0 Å². The SMILES string of the molecule is CCC1(CNC(=NC)NCCS(=O)c2ccccc2)CCCC1.I. The maximum atomic E-state index is 12.2. The van der Waals surface area contributed by atoms with Crippen LogP contribution in [-0.2, 0) is 10.8 Å². The monoisotopic (exact) mass is 463 g/mol. The molecule has 0 heterocycles. The summed E-state index contributed by atoms with van der Waals surface area (Å²) < 4.78 is 12.2. The molecule has 1 fully saturated rings. The van der Waals surface area contributed by atoms with Crippen LogP contribution in [0.3, 0.4) is 0 Å². The van der Waals surface area contributed by atoms with Gasteiger partial charge in [0, 0.05) is 30.8 Å². The van der Waals surface area contributed by atoms with Crippen LogP contribution in [0.1, 0.15) is 39.0 Å². The third kappa shape index (κ3) is 6.35. The van der Waals surface area contributed by atoms with E-state index in [1.165, 1.54) is 32.1 Å². The summed E-state index contributed by atoms with van der Waals surface area (Å²) in [7, 11) is 0.826. The van der Waals surface area contributed by atoms with E-state index in [0.717, 1.165) is 17.4 Å². The molecule has 6 heteroatoms. The fraction of sp³-hybridized carbons (Fsp3) is 0.611. The lowest BCUT2D eigenvalue weighted by Gasteiger charge is -2.28. The van der Waals surface area contributed by atoms with Gasteiger partial charge in [-0.05, 0) is 36.8 Å². The molecule has 24 heavy (non-hydrogen) atoms. The van der Waals surface area contributed by atoms with Gasteiger partial charge in [0.05, 0.1) is 10.8 Å². The van der Waals surface area contributed by atoms with E-state index in [4.69, 9.17) is 0 Å². The fourth-order valence-corrected chi connectivity index (χ4v) is 4.21. The summed E-state index contributed by atoms with van der Waals surface area (Å²) in [6, 6.07) is 9.61. The molecule has 0 radical (unpaired) electrons. The molecule has 136 valence electrons. The van der Waals surface area contributed by atoms with E-state index in [2.05, 4.69) is 22.5 Å². The highest BCUT2D eigenvalue weighted by Gasteiger charge is 2.31. The van der Waals surface area contributed by atoms with Gasteiger partial charge >= 0.3 is 0 Å². The summed E-state index contributed by atoms with van der Waals surface area (Å²) >= 11 is 0. The van der Waals surface area contributed by atoms with E-state index in [1.54, 1.807) is 7.05 Å². The molecule has 1 unspecified atom stereocenters. The third-order valence-electron chi connectivity index (χ3n) is 4.85. The zero-order chi connectivity index (χ0) is 16.5. The van der Waals surface area contributed by atoms with Gasteiger partial charge in [-0.15, -0.1) is 24.0 Å². The Kier molecular flexibility index (Phi) is 9.88. The Labute approximate surface area is 165 Å². The Hall–Kier alpha value is -0.630. The highest BCUT2D eigenvalue weighted by molar-refractivity contribution is 14.0. The van der Waals surface area contributed by atoms with Crippen molar-refractivity contribution in [2.75, 3.05) is 25.9 Å². The number of hydrogen-bond acceptors (Lipinski definition) is 2. The average molecular weight is 463 g/mol. The van der Waals surface area contributed by atoms with E-state index in [1.807, 2.05) is 30.3 Å². The number of hydrogen-bond donors (Lipinski definition) is 2. The van der Waals surface area contributed by atoms with Gasteiger partial charge in [0.15, 0.2) is 5.96 Å². The quantitative estimate of drug-likeness (QED) is 0.370. The van der Waals surface area contributed by atoms with Crippen LogP contribution in [0.5, 0.6) is 0 Å². The molecule has 4 nitrogen and oxygen atoms in total. The molecule has 2 N–H and O–H groups in total. The minimum Gasteiger partial charge on any atom is -0.356 e. The van der Waals surface area contributed by atoms with Crippen molar-refractivity contribution in [1.82, 2.24) is 10.6 Å². The molecule has 0 bridgehead atoms. The van der Waals surface area contributed by atoms with Gasteiger partial charge in [0.25, 0.3) is 0 Å². The van der Waals surface area contributed by atoms with Crippen LogP contribution in [-0.4, -0.2) is 36.1 Å². The summed E-state index contributed by atoms with van der Waals surface area (Å²) in [6.45, 7) is 3.91. The molecule has 1 saturated carbocycles. The number of halogens is 1. The number of benzene rings is 1. The normalized spacial score (nSPS) is 17.8. The second kappa shape index (κ2) is 11.1. The Balaban J connectivity index is 0.00000288. The standard InChI is InChI=1S/C18H29N3OS.HI/c1-3-18(11-7-8-12-18)15-21-17(19-2)20-13-14-23(22)16-9-5-4-6-10-16;/h4-6,9-10H,3,7-8,11-15H2,1-2H3,(H2,19,20,21);1H. The molecule has 2 rings (SSSR count). The minimum absolute atomic E-state index is 0. The van der Waals surface area contributed by atoms with Crippen molar-refractivity contribution in [2.45, 2.75) is 43.9 Å². The number of guanidine groups is 1. The van der Waals surface area contributed by atoms with E-state index < -0.39 is 10.8 Å². The Morgan fingerprint density at radius 1 is 1.21 bits per heavy atom. The van der Waals surface area contributed by atoms with Crippen molar-refractivity contribution in [3.8, 4) is 0 Å². The lowest BCUT2D eigenvalue weighted by atomic mass is 9.83. The zero-order valence-electron chi connectivity index (χ0n) is 14.7. The fourth-order valence-electron chi connectivity index (χ4n) is 3.22. The molecular weight excluding hydrogens is 433 g/mol. The smallest absolute Gasteiger partial charge is 0.191 e. The molecule has 1 aromatic rings. The molecule has 0 aromatic heterocycles. The first kappa shape index (κ1) is 21.4. The van der Waals surface area contributed by atoms with Gasteiger partial charge in [-0.1, -0.05) is 38.0 Å². The molecule has 0 aliphatic heterocycles. The second-order valence-corrected chi connectivity index (χ2v) is 7.85. The first-order valence-electron chi connectivity index (χ1n) is 8.57. The van der Waals surface area contributed by atoms with Gasteiger partial charge in [0.2, 0.25) is 0 Å². The lowest BCUT2D eigenvalue weighted by Crippen LogP contribution is -2.43. The zero-order valence-corrected chi connectivity index (χ0v) is 17.9. The highest BCUT2D eigenvalue weighted by Crippen LogP contribution is 2.40. The average Bonchev–Trinajstić information content (AvgIpc) is 3.08. The van der Waals surface area contributed by atoms with Crippen LogP contribution in [0.15, 0.2) is 40.2 Å². The molecule has 0 spiro atoms. The third-order valence-corrected chi connectivity index (χ3v) is 6.23. The second-order valence-electron chi connectivity index (χ2n) is 6.28. The Morgan fingerprint density at radius 3 is 2.46 bits per heavy atom. The predicted molar refractivity (Wildman–Crippen MR) is 114 cm³/mol. The largest absolute Gasteiger partial charge is 0.356 e. The van der Waals surface area contributed by atoms with Crippen LogP contribution < -0.4 is 10.6 Å². The molecule has 1 aliphatic carbocycles. The number of nitrogens with zero attached hydrogens (tertiary/aromatic N) is 1. The van der Waals surface area contributed by atoms with Crippen LogP contribution in [0.2, 0.25) is 0 Å². The molecule has 1 atom stereocenters. The number of rotatable bonds is 7. The van der Waals surface area contributed by atoms with Crippen molar-refractivity contribution in [2.24, 2.45) is 10.4 Å². The Morgan fingerprint density at radius 2 is 1.88 bits per heavy atom.